The van der Waals surface area contributed by atoms with Crippen molar-refractivity contribution in [1.29, 1.82) is 0 Å². The fraction of sp³-hybridized carbons (Fsp3) is 0.417. The van der Waals surface area contributed by atoms with Crippen molar-refractivity contribution in [3.05, 3.63) is 24.3 Å². The van der Waals surface area contributed by atoms with Crippen molar-refractivity contribution in [3.8, 4) is 11.3 Å². The molecular formula is C12H17N5O. The number of anilines is 1. The van der Waals surface area contributed by atoms with Gasteiger partial charge in [-0.15, -0.1) is 0 Å². The molecule has 2 heterocycles. The maximum absolute atomic E-state index is 5.05. The fourth-order valence-corrected chi connectivity index (χ4v) is 1.63. The van der Waals surface area contributed by atoms with Crippen LogP contribution in [0.25, 0.3) is 11.3 Å². The Kier molecular flexibility index (Phi) is 3.88. The number of nitrogens with one attached hydrogen (secondary N) is 1. The van der Waals surface area contributed by atoms with Crippen molar-refractivity contribution in [2.24, 2.45) is 7.05 Å². The normalized spacial score (nSPS) is 10.6. The highest BCUT2D eigenvalue weighted by Crippen LogP contribution is 2.19. The molecule has 0 saturated heterocycles. The third-order valence-corrected chi connectivity index (χ3v) is 2.56. The van der Waals surface area contributed by atoms with Gasteiger partial charge in [-0.25, -0.2) is 9.97 Å². The molecular weight excluding hydrogens is 230 g/mol. The van der Waals surface area contributed by atoms with Gasteiger partial charge in [-0.1, -0.05) is 0 Å². The lowest BCUT2D eigenvalue weighted by molar-refractivity contribution is 0.200. The zero-order valence-electron chi connectivity index (χ0n) is 10.8. The molecule has 0 saturated carbocycles. The summed E-state index contributed by atoms with van der Waals surface area (Å²) in [5.74, 6) is 1.57. The molecule has 1 N–H and O–H groups in total. The summed E-state index contributed by atoms with van der Waals surface area (Å²) in [6.45, 7) is 0.611. The highest BCUT2D eigenvalue weighted by atomic mass is 16.5. The Bertz CT molecular complexity index is 523. The predicted molar refractivity (Wildman–Crippen MR) is 69.4 cm³/mol. The van der Waals surface area contributed by atoms with E-state index in [1.165, 1.54) is 0 Å². The van der Waals surface area contributed by atoms with Crippen LogP contribution in [0.3, 0.4) is 0 Å². The maximum atomic E-state index is 5.05. The van der Waals surface area contributed by atoms with Crippen LogP contribution in [0.1, 0.15) is 5.82 Å². The van der Waals surface area contributed by atoms with E-state index in [9.17, 15) is 0 Å². The Morgan fingerprint density at radius 2 is 2.22 bits per heavy atom. The van der Waals surface area contributed by atoms with Gasteiger partial charge < -0.3 is 10.1 Å². The number of aromatic nitrogens is 4. The van der Waals surface area contributed by atoms with Gasteiger partial charge in [0.1, 0.15) is 11.6 Å². The molecule has 0 radical (unpaired) electrons. The van der Waals surface area contributed by atoms with Crippen molar-refractivity contribution in [3.63, 3.8) is 0 Å². The molecule has 0 amide bonds. The first kappa shape index (κ1) is 12.5. The van der Waals surface area contributed by atoms with E-state index in [4.69, 9.17) is 4.74 Å². The zero-order valence-corrected chi connectivity index (χ0v) is 10.8. The van der Waals surface area contributed by atoms with Gasteiger partial charge in [-0.2, -0.15) is 5.10 Å². The number of nitrogens with zero attached hydrogens (tertiary/aromatic N) is 4. The minimum Gasteiger partial charge on any atom is -0.384 e. The van der Waals surface area contributed by atoms with E-state index >= 15 is 0 Å². The van der Waals surface area contributed by atoms with Crippen LogP contribution < -0.4 is 5.32 Å². The van der Waals surface area contributed by atoms with Gasteiger partial charge in [-0.3, -0.25) is 4.68 Å². The van der Waals surface area contributed by atoms with E-state index in [-0.39, 0.29) is 0 Å². The van der Waals surface area contributed by atoms with Crippen molar-refractivity contribution in [2.45, 2.75) is 6.42 Å². The number of ether oxygens (including phenoxy) is 1. The highest BCUT2D eigenvalue weighted by Gasteiger charge is 2.07. The zero-order chi connectivity index (χ0) is 13.0. The Balaban J connectivity index is 2.34. The van der Waals surface area contributed by atoms with Crippen LogP contribution >= 0.6 is 0 Å². The largest absolute Gasteiger partial charge is 0.384 e. The van der Waals surface area contributed by atoms with E-state index in [0.717, 1.165) is 22.9 Å². The minimum absolute atomic E-state index is 0.611. The Morgan fingerprint density at radius 3 is 2.83 bits per heavy atom. The van der Waals surface area contributed by atoms with Crippen LogP contribution in [0.15, 0.2) is 18.5 Å². The second kappa shape index (κ2) is 5.59. The van der Waals surface area contributed by atoms with E-state index < -0.39 is 0 Å². The van der Waals surface area contributed by atoms with Crippen LogP contribution in [0.4, 0.5) is 5.82 Å². The van der Waals surface area contributed by atoms with Crippen molar-refractivity contribution < 1.29 is 4.74 Å². The Morgan fingerprint density at radius 1 is 1.39 bits per heavy atom. The average Bonchev–Trinajstić information content (AvgIpc) is 2.82. The van der Waals surface area contributed by atoms with Gasteiger partial charge in [0.15, 0.2) is 0 Å². The van der Waals surface area contributed by atoms with Gasteiger partial charge >= 0.3 is 0 Å². The average molecular weight is 247 g/mol. The molecule has 2 aromatic heterocycles. The molecule has 0 unspecified atom stereocenters. The Hall–Kier alpha value is -1.95. The van der Waals surface area contributed by atoms with E-state index in [1.54, 1.807) is 18.0 Å². The number of methoxy groups -OCH3 is 1. The van der Waals surface area contributed by atoms with E-state index in [1.807, 2.05) is 26.4 Å². The molecule has 2 rings (SSSR count). The molecule has 0 fully saturated rings. The number of aryl methyl sites for hydroxylation is 1. The van der Waals surface area contributed by atoms with Crippen molar-refractivity contribution >= 4 is 5.82 Å². The molecule has 18 heavy (non-hydrogen) atoms. The molecule has 6 heteroatoms. The summed E-state index contributed by atoms with van der Waals surface area (Å²) < 4.78 is 6.81. The summed E-state index contributed by atoms with van der Waals surface area (Å²) in [4.78, 5) is 8.91. The molecule has 96 valence electrons. The molecule has 0 spiro atoms. The SMILES string of the molecule is CNc1cc(-c2cnn(C)c2)nc(CCOC)n1. The van der Waals surface area contributed by atoms with E-state index in [0.29, 0.717) is 13.0 Å². The topological polar surface area (TPSA) is 64.9 Å². The lowest BCUT2D eigenvalue weighted by atomic mass is 10.2. The fourth-order valence-electron chi connectivity index (χ4n) is 1.63. The third-order valence-electron chi connectivity index (χ3n) is 2.56. The van der Waals surface area contributed by atoms with Gasteiger partial charge in [0, 0.05) is 45.5 Å². The molecule has 0 aromatic carbocycles. The minimum atomic E-state index is 0.611. The second-order valence-electron chi connectivity index (χ2n) is 3.95. The molecule has 0 bridgehead atoms. The van der Waals surface area contributed by atoms with E-state index in [2.05, 4.69) is 20.4 Å². The van der Waals surface area contributed by atoms with Gasteiger partial charge in [0.2, 0.25) is 0 Å². The van der Waals surface area contributed by atoms with Crippen LogP contribution in [-0.2, 0) is 18.2 Å². The summed E-state index contributed by atoms with van der Waals surface area (Å²) in [5, 5.41) is 7.19. The highest BCUT2D eigenvalue weighted by molar-refractivity contribution is 5.60. The van der Waals surface area contributed by atoms with Crippen LogP contribution in [0.2, 0.25) is 0 Å². The Labute approximate surface area is 106 Å². The lowest BCUT2D eigenvalue weighted by Crippen LogP contribution is -2.04. The van der Waals surface area contributed by atoms with Crippen LogP contribution in [0.5, 0.6) is 0 Å². The summed E-state index contributed by atoms with van der Waals surface area (Å²) >= 11 is 0. The van der Waals surface area contributed by atoms with Gasteiger partial charge in [0.05, 0.1) is 18.5 Å². The summed E-state index contributed by atoms with van der Waals surface area (Å²) in [7, 11) is 5.40. The third kappa shape index (κ3) is 2.84. The second-order valence-corrected chi connectivity index (χ2v) is 3.95. The van der Waals surface area contributed by atoms with Crippen LogP contribution in [-0.4, -0.2) is 40.5 Å². The molecule has 2 aromatic rings. The first-order chi connectivity index (χ1) is 8.72. The standard InChI is InChI=1S/C12H17N5O/c1-13-12-6-10(9-7-14-17(2)8-9)15-11(16-12)4-5-18-3/h6-8H,4-5H2,1-3H3,(H,13,15,16). The number of hydrogen-bond acceptors (Lipinski definition) is 5. The number of rotatable bonds is 5. The van der Waals surface area contributed by atoms with Gasteiger partial charge in [-0.05, 0) is 0 Å². The summed E-state index contributed by atoms with van der Waals surface area (Å²) in [6, 6.07) is 1.91. The quantitative estimate of drug-likeness (QED) is 0.857. The predicted octanol–water partition coefficient (Wildman–Crippen LogP) is 1.11. The monoisotopic (exact) mass is 247 g/mol. The molecule has 0 atom stereocenters. The van der Waals surface area contributed by atoms with Crippen molar-refractivity contribution in [1.82, 2.24) is 19.7 Å². The van der Waals surface area contributed by atoms with Crippen LogP contribution in [0, 0.1) is 0 Å². The lowest BCUT2D eigenvalue weighted by Gasteiger charge is -2.06. The summed E-state index contributed by atoms with van der Waals surface area (Å²) in [6.07, 6.45) is 4.42. The van der Waals surface area contributed by atoms with Crippen molar-refractivity contribution in [2.75, 3.05) is 26.1 Å². The molecule has 0 aliphatic carbocycles. The summed E-state index contributed by atoms with van der Waals surface area (Å²) in [5.41, 5.74) is 1.85. The first-order valence-corrected chi connectivity index (χ1v) is 5.76. The maximum Gasteiger partial charge on any atom is 0.133 e. The first-order valence-electron chi connectivity index (χ1n) is 5.76. The number of hydrogen-bond donors (Lipinski definition) is 1. The molecule has 0 aliphatic rings. The van der Waals surface area contributed by atoms with Gasteiger partial charge in [0.25, 0.3) is 0 Å². The smallest absolute Gasteiger partial charge is 0.133 e. The molecule has 6 nitrogen and oxygen atoms in total. The molecule has 0 aliphatic heterocycles.